The molecule has 0 saturated carbocycles. The molecule has 3 aromatic carbocycles. The maximum absolute atomic E-state index is 13.5. The summed E-state index contributed by atoms with van der Waals surface area (Å²) < 4.78 is 11.3. The highest BCUT2D eigenvalue weighted by atomic mass is 16.5. The van der Waals surface area contributed by atoms with Gasteiger partial charge in [-0.15, -0.1) is 0 Å². The number of hydrogen-bond donors (Lipinski definition) is 1. The Bertz CT molecular complexity index is 942. The van der Waals surface area contributed by atoms with Crippen molar-refractivity contribution >= 4 is 5.91 Å². The van der Waals surface area contributed by atoms with Crippen molar-refractivity contribution in [3.05, 3.63) is 102 Å². The summed E-state index contributed by atoms with van der Waals surface area (Å²) in [6, 6.07) is 28.0. The van der Waals surface area contributed by atoms with Crippen LogP contribution in [0.15, 0.2) is 84.9 Å². The molecule has 0 unspecified atom stereocenters. The number of amides is 1. The summed E-state index contributed by atoms with van der Waals surface area (Å²) in [5.74, 6) is 0.524. The van der Waals surface area contributed by atoms with E-state index in [0.717, 1.165) is 35.3 Å². The molecule has 4 rings (SSSR count). The van der Waals surface area contributed by atoms with Gasteiger partial charge in [0.25, 0.3) is 0 Å². The Morgan fingerprint density at radius 3 is 2.03 bits per heavy atom. The summed E-state index contributed by atoms with van der Waals surface area (Å²) >= 11 is 0. The first kappa shape index (κ1) is 21.1. The summed E-state index contributed by atoms with van der Waals surface area (Å²) in [6.07, 6.45) is 1.68. The highest BCUT2D eigenvalue weighted by molar-refractivity contribution is 5.87. The average Bonchev–Trinajstić information content (AvgIpc) is 2.85. The SMILES string of the molecule is COc1ccccc1C1(CNC(=O)C(c2ccccc2)c2ccccc2)CCOCC1. The van der Waals surface area contributed by atoms with Gasteiger partial charge in [-0.2, -0.15) is 0 Å². The van der Waals surface area contributed by atoms with Gasteiger partial charge in [-0.1, -0.05) is 78.9 Å². The maximum atomic E-state index is 13.5. The van der Waals surface area contributed by atoms with E-state index in [4.69, 9.17) is 9.47 Å². The van der Waals surface area contributed by atoms with Crippen LogP contribution in [-0.4, -0.2) is 32.8 Å². The van der Waals surface area contributed by atoms with Crippen LogP contribution in [0.1, 0.15) is 35.4 Å². The van der Waals surface area contributed by atoms with Gasteiger partial charge in [-0.25, -0.2) is 0 Å². The normalized spacial score (nSPS) is 15.4. The smallest absolute Gasteiger partial charge is 0.232 e. The van der Waals surface area contributed by atoms with E-state index < -0.39 is 0 Å². The quantitative estimate of drug-likeness (QED) is 0.609. The molecule has 4 nitrogen and oxygen atoms in total. The first-order valence-electron chi connectivity index (χ1n) is 10.8. The minimum absolute atomic E-state index is 0.0122. The van der Waals surface area contributed by atoms with Crippen LogP contribution < -0.4 is 10.1 Å². The van der Waals surface area contributed by atoms with Crippen molar-refractivity contribution in [2.45, 2.75) is 24.2 Å². The molecule has 0 spiro atoms. The number of ether oxygens (including phenoxy) is 2. The van der Waals surface area contributed by atoms with Gasteiger partial charge in [0.05, 0.1) is 13.0 Å². The maximum Gasteiger partial charge on any atom is 0.232 e. The average molecular weight is 416 g/mol. The van der Waals surface area contributed by atoms with E-state index in [-0.39, 0.29) is 17.2 Å². The van der Waals surface area contributed by atoms with Crippen LogP contribution in [0.5, 0.6) is 5.75 Å². The number of para-hydroxylation sites is 1. The summed E-state index contributed by atoms with van der Waals surface area (Å²) in [5, 5.41) is 3.29. The van der Waals surface area contributed by atoms with Crippen molar-refractivity contribution < 1.29 is 14.3 Å². The highest BCUT2D eigenvalue weighted by Crippen LogP contribution is 2.39. The molecule has 1 N–H and O–H groups in total. The lowest BCUT2D eigenvalue weighted by Gasteiger charge is -2.39. The third-order valence-corrected chi connectivity index (χ3v) is 6.26. The van der Waals surface area contributed by atoms with Crippen LogP contribution in [0.4, 0.5) is 0 Å². The topological polar surface area (TPSA) is 47.6 Å². The molecule has 1 heterocycles. The van der Waals surface area contributed by atoms with Gasteiger partial charge in [-0.05, 0) is 30.0 Å². The fraction of sp³-hybridized carbons (Fsp3) is 0.296. The lowest BCUT2D eigenvalue weighted by molar-refractivity contribution is -0.122. The molecule has 1 saturated heterocycles. The minimum Gasteiger partial charge on any atom is -0.496 e. The Balaban J connectivity index is 1.62. The van der Waals surface area contributed by atoms with Crippen LogP contribution in [0.2, 0.25) is 0 Å². The molecule has 160 valence electrons. The molecule has 1 aliphatic rings. The van der Waals surface area contributed by atoms with Crippen molar-refractivity contribution in [3.8, 4) is 5.75 Å². The fourth-order valence-electron chi connectivity index (χ4n) is 4.53. The van der Waals surface area contributed by atoms with E-state index >= 15 is 0 Å². The highest BCUT2D eigenvalue weighted by Gasteiger charge is 2.37. The molecular weight excluding hydrogens is 386 g/mol. The van der Waals surface area contributed by atoms with Gasteiger partial charge in [0, 0.05) is 30.7 Å². The largest absolute Gasteiger partial charge is 0.496 e. The molecule has 0 aliphatic carbocycles. The lowest BCUT2D eigenvalue weighted by atomic mass is 9.73. The van der Waals surface area contributed by atoms with Crippen molar-refractivity contribution in [1.29, 1.82) is 0 Å². The van der Waals surface area contributed by atoms with E-state index in [0.29, 0.717) is 19.8 Å². The van der Waals surface area contributed by atoms with E-state index in [1.54, 1.807) is 7.11 Å². The standard InChI is InChI=1S/C27H29NO3/c1-30-24-15-9-8-14-23(24)27(16-18-31-19-17-27)20-28-26(29)25(21-10-4-2-5-11-21)22-12-6-3-7-13-22/h2-15,25H,16-20H2,1H3,(H,28,29). The zero-order valence-corrected chi connectivity index (χ0v) is 17.9. The summed E-state index contributed by atoms with van der Waals surface area (Å²) in [5.41, 5.74) is 2.91. The van der Waals surface area contributed by atoms with E-state index in [2.05, 4.69) is 11.4 Å². The third kappa shape index (κ3) is 4.64. The first-order valence-corrected chi connectivity index (χ1v) is 10.8. The van der Waals surface area contributed by atoms with Crippen LogP contribution in [0.3, 0.4) is 0 Å². The fourth-order valence-corrected chi connectivity index (χ4v) is 4.53. The molecule has 3 aromatic rings. The number of carbonyl (C=O) groups is 1. The van der Waals surface area contributed by atoms with E-state index in [1.165, 1.54) is 0 Å². The van der Waals surface area contributed by atoms with Crippen molar-refractivity contribution in [2.75, 3.05) is 26.9 Å². The predicted molar refractivity (Wildman–Crippen MR) is 122 cm³/mol. The van der Waals surface area contributed by atoms with E-state index in [9.17, 15) is 4.79 Å². The van der Waals surface area contributed by atoms with Gasteiger partial charge in [0.1, 0.15) is 5.75 Å². The summed E-state index contributed by atoms with van der Waals surface area (Å²) in [6.45, 7) is 1.90. The first-order chi connectivity index (χ1) is 15.2. The summed E-state index contributed by atoms with van der Waals surface area (Å²) in [7, 11) is 1.70. The molecule has 1 aliphatic heterocycles. The van der Waals surface area contributed by atoms with Crippen LogP contribution in [-0.2, 0) is 14.9 Å². The number of carbonyl (C=O) groups excluding carboxylic acids is 1. The molecule has 31 heavy (non-hydrogen) atoms. The molecule has 1 amide bonds. The number of methoxy groups -OCH3 is 1. The molecule has 4 heteroatoms. The number of rotatable bonds is 7. The van der Waals surface area contributed by atoms with Gasteiger partial charge in [0.2, 0.25) is 5.91 Å². The monoisotopic (exact) mass is 415 g/mol. The van der Waals surface area contributed by atoms with Crippen molar-refractivity contribution in [3.63, 3.8) is 0 Å². The second-order valence-corrected chi connectivity index (χ2v) is 8.07. The lowest BCUT2D eigenvalue weighted by Crippen LogP contribution is -2.46. The van der Waals surface area contributed by atoms with Gasteiger partial charge in [-0.3, -0.25) is 4.79 Å². The number of hydrogen-bond acceptors (Lipinski definition) is 3. The van der Waals surface area contributed by atoms with Crippen LogP contribution in [0.25, 0.3) is 0 Å². The third-order valence-electron chi connectivity index (χ3n) is 6.26. The van der Waals surface area contributed by atoms with Crippen molar-refractivity contribution in [1.82, 2.24) is 5.32 Å². The van der Waals surface area contributed by atoms with Crippen molar-refractivity contribution in [2.24, 2.45) is 0 Å². The van der Waals surface area contributed by atoms with Gasteiger partial charge < -0.3 is 14.8 Å². The second kappa shape index (κ2) is 9.80. The van der Waals surface area contributed by atoms with Crippen LogP contribution >= 0.6 is 0 Å². The van der Waals surface area contributed by atoms with Crippen LogP contribution in [0, 0.1) is 0 Å². The zero-order chi connectivity index (χ0) is 21.5. The second-order valence-electron chi connectivity index (χ2n) is 8.07. The number of nitrogens with one attached hydrogen (secondary N) is 1. The Morgan fingerprint density at radius 1 is 0.903 bits per heavy atom. The van der Waals surface area contributed by atoms with E-state index in [1.807, 2.05) is 78.9 Å². The molecule has 0 atom stereocenters. The summed E-state index contributed by atoms with van der Waals surface area (Å²) in [4.78, 5) is 13.5. The predicted octanol–water partition coefficient (Wildman–Crippen LogP) is 4.69. The molecule has 0 radical (unpaired) electrons. The minimum atomic E-state index is -0.350. The van der Waals surface area contributed by atoms with Gasteiger partial charge >= 0.3 is 0 Å². The Hall–Kier alpha value is -3.11. The molecule has 0 aromatic heterocycles. The molecular formula is C27H29NO3. The Morgan fingerprint density at radius 2 is 1.45 bits per heavy atom. The molecule has 0 bridgehead atoms. The number of benzene rings is 3. The Kier molecular flexibility index (Phi) is 6.68. The van der Waals surface area contributed by atoms with Gasteiger partial charge in [0.15, 0.2) is 0 Å². The zero-order valence-electron chi connectivity index (χ0n) is 17.9. The molecule has 1 fully saturated rings. The Labute approximate surface area is 184 Å².